The van der Waals surface area contributed by atoms with Gasteiger partial charge in [-0.3, -0.25) is 9.00 Å². The highest BCUT2D eigenvalue weighted by Gasteiger charge is 2.63. The van der Waals surface area contributed by atoms with Crippen molar-refractivity contribution < 1.29 is 31.0 Å². The molecule has 0 radical (unpaired) electrons. The first-order valence-corrected chi connectivity index (χ1v) is 6.17. The van der Waals surface area contributed by atoms with Crippen molar-refractivity contribution in [2.75, 3.05) is 12.8 Å². The molecule has 1 N–H and O–H groups in total. The van der Waals surface area contributed by atoms with Crippen LogP contribution in [0.15, 0.2) is 0 Å². The molecule has 17 heavy (non-hydrogen) atoms. The molecule has 0 heterocycles. The minimum atomic E-state index is -5.91. The van der Waals surface area contributed by atoms with E-state index in [0.717, 1.165) is 0 Å². The van der Waals surface area contributed by atoms with Crippen LogP contribution in [0.4, 0.5) is 22.0 Å². The first-order valence-electron chi connectivity index (χ1n) is 4.55. The second-order valence-corrected chi connectivity index (χ2v) is 5.23. The third kappa shape index (κ3) is 4.57. The van der Waals surface area contributed by atoms with Gasteiger partial charge in [0.15, 0.2) is 0 Å². The van der Waals surface area contributed by atoms with Crippen LogP contribution in [0.1, 0.15) is 13.3 Å². The zero-order valence-corrected chi connectivity index (χ0v) is 9.92. The summed E-state index contributed by atoms with van der Waals surface area (Å²) in [5.74, 6) is -7.79. The van der Waals surface area contributed by atoms with Gasteiger partial charge in [-0.15, -0.1) is 0 Å². The van der Waals surface area contributed by atoms with Crippen LogP contribution in [0.5, 0.6) is 0 Å². The maximum atomic E-state index is 12.4. The van der Waals surface area contributed by atoms with Crippen LogP contribution >= 0.6 is 0 Å². The molecular weight excluding hydrogens is 269 g/mol. The standard InChI is InChI=1S/C8H12F5NO2S/c1-5(17(2)16)3-4-14-6(15)7(9,10)8(11,12)13/h5H,3-4H2,1-2H3,(H,14,15). The van der Waals surface area contributed by atoms with Gasteiger partial charge in [0, 0.05) is 28.9 Å². The lowest BCUT2D eigenvalue weighted by molar-refractivity contribution is -0.269. The van der Waals surface area contributed by atoms with Gasteiger partial charge < -0.3 is 5.32 Å². The fraction of sp³-hybridized carbons (Fsp3) is 0.875. The molecule has 0 aliphatic heterocycles. The van der Waals surface area contributed by atoms with Crippen molar-refractivity contribution in [1.82, 2.24) is 5.32 Å². The van der Waals surface area contributed by atoms with E-state index in [1.54, 1.807) is 0 Å². The summed E-state index contributed by atoms with van der Waals surface area (Å²) >= 11 is 0. The normalized spacial score (nSPS) is 16.4. The molecular formula is C8H12F5NO2S. The maximum Gasteiger partial charge on any atom is 0.463 e. The molecule has 2 unspecified atom stereocenters. The van der Waals surface area contributed by atoms with Crippen molar-refractivity contribution in [2.45, 2.75) is 30.7 Å². The maximum absolute atomic E-state index is 12.4. The minimum absolute atomic E-state index is 0.0583. The lowest BCUT2D eigenvalue weighted by Crippen LogP contribution is -2.50. The number of alkyl halides is 5. The molecule has 2 atom stereocenters. The molecule has 0 bridgehead atoms. The van der Waals surface area contributed by atoms with Crippen LogP contribution in [0, 0.1) is 0 Å². The molecule has 0 spiro atoms. The van der Waals surface area contributed by atoms with Gasteiger partial charge >= 0.3 is 12.1 Å². The third-order valence-electron chi connectivity index (χ3n) is 2.04. The lowest BCUT2D eigenvalue weighted by Gasteiger charge is -2.19. The van der Waals surface area contributed by atoms with Crippen LogP contribution in [0.3, 0.4) is 0 Å². The summed E-state index contributed by atoms with van der Waals surface area (Å²) in [7, 11) is -1.22. The minimum Gasteiger partial charge on any atom is -0.351 e. The molecule has 0 aromatic heterocycles. The van der Waals surface area contributed by atoms with Gasteiger partial charge in [-0.2, -0.15) is 22.0 Å². The monoisotopic (exact) mass is 281 g/mol. The Labute approximate surface area is 97.2 Å². The van der Waals surface area contributed by atoms with Crippen molar-refractivity contribution in [3.05, 3.63) is 0 Å². The van der Waals surface area contributed by atoms with Crippen molar-refractivity contribution in [1.29, 1.82) is 0 Å². The van der Waals surface area contributed by atoms with E-state index in [4.69, 9.17) is 0 Å². The zero-order chi connectivity index (χ0) is 13.9. The Morgan fingerprint density at radius 2 is 1.76 bits per heavy atom. The Bertz CT molecular complexity index is 305. The molecule has 1 amide bonds. The van der Waals surface area contributed by atoms with Gasteiger partial charge in [0.1, 0.15) is 0 Å². The summed E-state index contributed by atoms with van der Waals surface area (Å²) in [5.41, 5.74) is 0. The molecule has 0 saturated heterocycles. The number of amides is 1. The number of nitrogens with one attached hydrogen (secondary N) is 1. The predicted octanol–water partition coefficient (Wildman–Crippen LogP) is 1.46. The first kappa shape index (κ1) is 16.3. The number of halogens is 5. The first-order chi connectivity index (χ1) is 7.50. The SMILES string of the molecule is CC(CCNC(=O)C(F)(F)C(F)(F)F)S(C)=O. The van der Waals surface area contributed by atoms with E-state index in [0.29, 0.717) is 0 Å². The molecule has 0 fully saturated rings. The van der Waals surface area contributed by atoms with Crippen LogP contribution < -0.4 is 5.32 Å². The summed E-state index contributed by atoms with van der Waals surface area (Å²) in [6.45, 7) is 1.15. The molecule has 0 rings (SSSR count). The van der Waals surface area contributed by atoms with Crippen LogP contribution in [0.25, 0.3) is 0 Å². The number of hydrogen-bond donors (Lipinski definition) is 1. The molecule has 0 aliphatic carbocycles. The fourth-order valence-corrected chi connectivity index (χ4v) is 1.24. The Hall–Kier alpha value is -0.730. The van der Waals surface area contributed by atoms with Gasteiger partial charge in [-0.1, -0.05) is 6.92 Å². The molecule has 102 valence electrons. The van der Waals surface area contributed by atoms with Crippen LogP contribution in [-0.4, -0.2) is 40.3 Å². The number of carbonyl (C=O) groups is 1. The highest BCUT2D eigenvalue weighted by atomic mass is 32.2. The van der Waals surface area contributed by atoms with Gasteiger partial charge in [-0.05, 0) is 6.42 Å². The Morgan fingerprint density at radius 1 is 1.29 bits per heavy atom. The van der Waals surface area contributed by atoms with Crippen molar-refractivity contribution >= 4 is 16.7 Å². The molecule has 0 aliphatic rings. The van der Waals surface area contributed by atoms with Gasteiger partial charge in [0.25, 0.3) is 5.91 Å². The van der Waals surface area contributed by atoms with E-state index in [2.05, 4.69) is 0 Å². The molecule has 9 heteroatoms. The smallest absolute Gasteiger partial charge is 0.351 e. The Balaban J connectivity index is 4.25. The average Bonchev–Trinajstić information content (AvgIpc) is 2.15. The zero-order valence-electron chi connectivity index (χ0n) is 9.11. The summed E-state index contributed by atoms with van der Waals surface area (Å²) in [6.07, 6.45) is -4.48. The number of hydrogen-bond acceptors (Lipinski definition) is 2. The molecule has 3 nitrogen and oxygen atoms in total. The second-order valence-electron chi connectivity index (χ2n) is 3.43. The molecule has 0 saturated carbocycles. The number of rotatable bonds is 5. The topological polar surface area (TPSA) is 46.2 Å². The largest absolute Gasteiger partial charge is 0.463 e. The fourth-order valence-electron chi connectivity index (χ4n) is 0.795. The Morgan fingerprint density at radius 3 is 2.12 bits per heavy atom. The second kappa shape index (κ2) is 5.74. The van der Waals surface area contributed by atoms with Gasteiger partial charge in [0.2, 0.25) is 0 Å². The highest BCUT2D eigenvalue weighted by molar-refractivity contribution is 7.84. The van der Waals surface area contributed by atoms with E-state index in [1.807, 2.05) is 0 Å². The molecule has 0 aromatic rings. The van der Waals surface area contributed by atoms with E-state index < -0.39 is 34.1 Å². The van der Waals surface area contributed by atoms with E-state index in [9.17, 15) is 31.0 Å². The highest BCUT2D eigenvalue weighted by Crippen LogP contribution is 2.35. The predicted molar refractivity (Wildman–Crippen MR) is 52.2 cm³/mol. The summed E-state index contributed by atoms with van der Waals surface area (Å²) in [6, 6.07) is 0. The van der Waals surface area contributed by atoms with Crippen molar-refractivity contribution in [2.24, 2.45) is 0 Å². The molecule has 0 aromatic carbocycles. The van der Waals surface area contributed by atoms with E-state index >= 15 is 0 Å². The average molecular weight is 281 g/mol. The quantitative estimate of drug-likeness (QED) is 0.775. The summed E-state index contributed by atoms with van der Waals surface area (Å²) < 4.78 is 70.9. The lowest BCUT2D eigenvalue weighted by atomic mass is 10.3. The summed E-state index contributed by atoms with van der Waals surface area (Å²) in [5, 5.41) is 1.08. The van der Waals surface area contributed by atoms with Crippen LogP contribution in [0.2, 0.25) is 0 Å². The van der Waals surface area contributed by atoms with E-state index in [-0.39, 0.29) is 13.0 Å². The van der Waals surface area contributed by atoms with E-state index in [1.165, 1.54) is 18.5 Å². The van der Waals surface area contributed by atoms with Crippen molar-refractivity contribution in [3.8, 4) is 0 Å². The third-order valence-corrected chi connectivity index (χ3v) is 3.41. The Kier molecular flexibility index (Phi) is 5.50. The van der Waals surface area contributed by atoms with Gasteiger partial charge in [-0.25, -0.2) is 0 Å². The summed E-state index contributed by atoms with van der Waals surface area (Å²) in [4.78, 5) is 10.6. The van der Waals surface area contributed by atoms with Crippen molar-refractivity contribution in [3.63, 3.8) is 0 Å². The van der Waals surface area contributed by atoms with Gasteiger partial charge in [0.05, 0.1) is 0 Å². The van der Waals surface area contributed by atoms with Crippen LogP contribution in [-0.2, 0) is 15.6 Å². The number of carbonyl (C=O) groups excluding carboxylic acids is 1.